The van der Waals surface area contributed by atoms with Crippen LogP contribution in [-0.4, -0.2) is 67.2 Å². The molecule has 0 N–H and O–H groups in total. The van der Waals surface area contributed by atoms with E-state index in [1.54, 1.807) is 13.8 Å². The number of fused-ring (bicyclic) bond motifs is 3. The number of methoxy groups -OCH3 is 1. The van der Waals surface area contributed by atoms with E-state index in [1.165, 1.54) is 7.11 Å². The van der Waals surface area contributed by atoms with Crippen LogP contribution in [0.25, 0.3) is 0 Å². The lowest BCUT2D eigenvalue weighted by atomic mass is 9.71. The highest BCUT2D eigenvalue weighted by molar-refractivity contribution is 5.94. The fourth-order valence-corrected chi connectivity index (χ4v) is 3.80. The Labute approximate surface area is 148 Å². The molecular weight excluding hydrogens is 326 g/mol. The molecule has 0 saturated carbocycles. The summed E-state index contributed by atoms with van der Waals surface area (Å²) < 4.78 is 15.5. The Morgan fingerprint density at radius 3 is 2.56 bits per heavy atom. The van der Waals surface area contributed by atoms with E-state index >= 15 is 0 Å². The van der Waals surface area contributed by atoms with Crippen molar-refractivity contribution in [2.24, 2.45) is 5.92 Å². The molecule has 3 aliphatic heterocycles. The first-order chi connectivity index (χ1) is 11.8. The Kier molecular flexibility index (Phi) is 6.35. The number of ketones is 1. The van der Waals surface area contributed by atoms with Gasteiger partial charge in [0.1, 0.15) is 12.1 Å². The second-order valence-corrected chi connectivity index (χ2v) is 7.02. The number of rotatable bonds is 7. The van der Waals surface area contributed by atoms with Gasteiger partial charge >= 0.3 is 11.9 Å². The number of piperidine rings is 3. The molecule has 25 heavy (non-hydrogen) atoms. The van der Waals surface area contributed by atoms with E-state index in [1.807, 2.05) is 0 Å². The van der Waals surface area contributed by atoms with Crippen LogP contribution in [0.4, 0.5) is 0 Å². The number of ether oxygens (including phenoxy) is 3. The summed E-state index contributed by atoms with van der Waals surface area (Å²) in [5, 5.41) is 0. The molecular formula is C18H27NO6. The van der Waals surface area contributed by atoms with E-state index in [4.69, 9.17) is 14.2 Å². The molecule has 7 nitrogen and oxygen atoms in total. The van der Waals surface area contributed by atoms with E-state index in [2.05, 4.69) is 11.8 Å². The Morgan fingerprint density at radius 1 is 1.28 bits per heavy atom. The van der Waals surface area contributed by atoms with Crippen molar-refractivity contribution in [3.8, 4) is 0 Å². The molecule has 3 aliphatic rings. The van der Waals surface area contributed by atoms with Crippen LogP contribution < -0.4 is 0 Å². The van der Waals surface area contributed by atoms with Gasteiger partial charge in [-0.2, -0.15) is 0 Å². The highest BCUT2D eigenvalue weighted by Gasteiger charge is 2.56. The molecule has 0 aliphatic carbocycles. The molecule has 3 saturated heterocycles. The van der Waals surface area contributed by atoms with Crippen LogP contribution in [0.15, 0.2) is 12.2 Å². The van der Waals surface area contributed by atoms with E-state index in [9.17, 15) is 14.4 Å². The third-order valence-electron chi connectivity index (χ3n) is 4.80. The molecule has 0 radical (unpaired) electrons. The molecule has 3 heterocycles. The largest absolute Gasteiger partial charge is 0.460 e. The third kappa shape index (κ3) is 4.27. The van der Waals surface area contributed by atoms with Crippen molar-refractivity contribution in [3.05, 3.63) is 12.2 Å². The number of esters is 2. The van der Waals surface area contributed by atoms with Gasteiger partial charge in [0.2, 0.25) is 0 Å². The maximum absolute atomic E-state index is 12.8. The fourth-order valence-electron chi connectivity index (χ4n) is 3.80. The summed E-state index contributed by atoms with van der Waals surface area (Å²) in [6.07, 6.45) is 3.46. The van der Waals surface area contributed by atoms with Crippen LogP contribution in [-0.2, 0) is 28.6 Å². The number of hydrogen-bond acceptors (Lipinski definition) is 7. The maximum atomic E-state index is 12.8. The molecule has 4 atom stereocenters. The number of nitrogens with zero attached hydrogens (tertiary/aromatic N) is 1. The molecule has 0 aromatic carbocycles. The van der Waals surface area contributed by atoms with Gasteiger partial charge in [-0.3, -0.25) is 9.69 Å². The van der Waals surface area contributed by atoms with Crippen molar-refractivity contribution in [2.45, 2.75) is 51.3 Å². The minimum Gasteiger partial charge on any atom is -0.460 e. The summed E-state index contributed by atoms with van der Waals surface area (Å²) in [6.45, 7) is 6.40. The Morgan fingerprint density at radius 2 is 1.96 bits per heavy atom. The van der Waals surface area contributed by atoms with Gasteiger partial charge in [0.15, 0.2) is 5.78 Å². The predicted molar refractivity (Wildman–Crippen MR) is 89.8 cm³/mol. The average molecular weight is 353 g/mol. The van der Waals surface area contributed by atoms with Crippen molar-refractivity contribution in [3.63, 3.8) is 0 Å². The zero-order chi connectivity index (χ0) is 18.6. The quantitative estimate of drug-likeness (QED) is 0.501. The molecule has 2 bridgehead atoms. The first-order valence-corrected chi connectivity index (χ1v) is 8.65. The zero-order valence-corrected chi connectivity index (χ0v) is 15.3. The molecule has 0 aromatic rings. The molecule has 3 fully saturated rings. The van der Waals surface area contributed by atoms with E-state index < -0.39 is 17.5 Å². The van der Waals surface area contributed by atoms with E-state index in [0.717, 1.165) is 31.5 Å². The zero-order valence-electron chi connectivity index (χ0n) is 15.3. The van der Waals surface area contributed by atoms with Crippen LogP contribution in [0, 0.1) is 5.92 Å². The summed E-state index contributed by atoms with van der Waals surface area (Å²) in [6, 6.07) is 0.238. The first kappa shape index (κ1) is 19.6. The van der Waals surface area contributed by atoms with Gasteiger partial charge in [0, 0.05) is 37.8 Å². The van der Waals surface area contributed by atoms with Gasteiger partial charge in [-0.05, 0) is 33.6 Å². The van der Waals surface area contributed by atoms with Gasteiger partial charge in [-0.15, -0.1) is 0 Å². The molecule has 1 unspecified atom stereocenters. The van der Waals surface area contributed by atoms with E-state index in [0.29, 0.717) is 0 Å². The number of Topliss-reactive ketones (excluding diaryl/α,β-unsaturated/α-hetero) is 1. The molecule has 0 aromatic heterocycles. The lowest BCUT2D eigenvalue weighted by molar-refractivity contribution is -0.171. The van der Waals surface area contributed by atoms with Crippen LogP contribution >= 0.6 is 0 Å². The summed E-state index contributed by atoms with van der Waals surface area (Å²) in [7, 11) is 1.53. The topological polar surface area (TPSA) is 82.1 Å². The van der Waals surface area contributed by atoms with Gasteiger partial charge in [-0.25, -0.2) is 9.59 Å². The number of hydrogen-bond donors (Lipinski definition) is 0. The maximum Gasteiger partial charge on any atom is 0.331 e. The Hall–Kier alpha value is -1.73. The van der Waals surface area contributed by atoms with Crippen LogP contribution in [0.2, 0.25) is 0 Å². The predicted octanol–water partition coefficient (Wildman–Crippen LogP) is 1.11. The smallest absolute Gasteiger partial charge is 0.331 e. The monoisotopic (exact) mass is 353 g/mol. The van der Waals surface area contributed by atoms with Gasteiger partial charge in [-0.1, -0.05) is 0 Å². The van der Waals surface area contributed by atoms with Gasteiger partial charge in [0.25, 0.3) is 0 Å². The summed E-state index contributed by atoms with van der Waals surface area (Å²) in [5.74, 6) is -1.22. The Bertz CT molecular complexity index is 558. The molecule has 0 spiro atoms. The standard InChI is InChI=1S/C18H27NO6/c1-12(2)25-16(21)6-5-15(20)24-11-18(10-23-4)17(22)14-7-8-19(18)13(3)9-14/h5-6,12-14H,7-11H2,1-4H3/b6-5+/t13-,14+,18+/m1/s1. The minimum absolute atomic E-state index is 0.00888. The lowest BCUT2D eigenvalue weighted by Gasteiger charge is -2.55. The van der Waals surface area contributed by atoms with Crippen LogP contribution in [0.1, 0.15) is 33.6 Å². The van der Waals surface area contributed by atoms with Crippen molar-refractivity contribution < 1.29 is 28.6 Å². The van der Waals surface area contributed by atoms with Crippen LogP contribution in [0.3, 0.4) is 0 Å². The van der Waals surface area contributed by atoms with Gasteiger partial charge in [0.05, 0.1) is 12.7 Å². The molecule has 7 heteroatoms. The SMILES string of the molecule is COC[C@]1(COC(=O)/C=C/C(=O)OC(C)C)C(=O)[C@H]2CCN1[C@H](C)C2. The summed E-state index contributed by atoms with van der Waals surface area (Å²) >= 11 is 0. The number of carbonyl (C=O) groups is 3. The minimum atomic E-state index is -0.933. The third-order valence-corrected chi connectivity index (χ3v) is 4.80. The molecule has 3 rings (SSSR count). The van der Waals surface area contributed by atoms with E-state index in [-0.39, 0.29) is 37.1 Å². The van der Waals surface area contributed by atoms with Crippen molar-refractivity contribution in [1.29, 1.82) is 0 Å². The second-order valence-electron chi connectivity index (χ2n) is 7.02. The van der Waals surface area contributed by atoms with Crippen LogP contribution in [0.5, 0.6) is 0 Å². The molecule has 140 valence electrons. The fraction of sp³-hybridized carbons (Fsp3) is 0.722. The second kappa shape index (κ2) is 8.10. The molecule has 0 amide bonds. The Balaban J connectivity index is 2.02. The summed E-state index contributed by atoms with van der Waals surface area (Å²) in [5.41, 5.74) is -0.933. The highest BCUT2D eigenvalue weighted by Crippen LogP contribution is 2.40. The number of carbonyl (C=O) groups excluding carboxylic acids is 3. The first-order valence-electron chi connectivity index (χ1n) is 8.65. The van der Waals surface area contributed by atoms with Crippen molar-refractivity contribution >= 4 is 17.7 Å². The summed E-state index contributed by atoms with van der Waals surface area (Å²) in [4.78, 5) is 38.3. The highest BCUT2D eigenvalue weighted by atomic mass is 16.5. The lowest BCUT2D eigenvalue weighted by Crippen LogP contribution is -2.71. The average Bonchev–Trinajstić information content (AvgIpc) is 2.54. The normalized spacial score (nSPS) is 31.6. The van der Waals surface area contributed by atoms with Crippen molar-refractivity contribution in [1.82, 2.24) is 4.90 Å². The van der Waals surface area contributed by atoms with Gasteiger partial charge < -0.3 is 14.2 Å². The van der Waals surface area contributed by atoms with Crippen molar-refractivity contribution in [2.75, 3.05) is 26.9 Å².